The van der Waals surface area contributed by atoms with Crippen molar-refractivity contribution >= 4 is 23.4 Å². The molecule has 0 fully saturated rings. The van der Waals surface area contributed by atoms with Crippen molar-refractivity contribution in [2.45, 2.75) is 0 Å². The maximum Gasteiger partial charge on any atom is 0.343 e. The molecule has 0 radical (unpaired) electrons. The quantitative estimate of drug-likeness (QED) is 0.374. The smallest absolute Gasteiger partial charge is 0.343 e. The van der Waals surface area contributed by atoms with E-state index in [1.54, 1.807) is 48.5 Å². The Morgan fingerprint density at radius 2 is 1.50 bits per heavy atom. The van der Waals surface area contributed by atoms with Crippen LogP contribution in [0.3, 0.4) is 0 Å². The van der Waals surface area contributed by atoms with Crippen LogP contribution in [-0.2, 0) is 14.3 Å². The molecule has 0 spiro atoms. The minimum atomic E-state index is -0.476. The predicted molar refractivity (Wildman–Crippen MR) is 95.5 cm³/mol. The molecular weight excluding hydrogens is 338 g/mol. The molecule has 4 N–H and O–H groups in total. The first-order chi connectivity index (χ1) is 12.5. The Hall–Kier alpha value is -3.55. The molecule has 0 saturated heterocycles. The minimum Gasteiger partial charge on any atom is -0.484 e. The number of hydrogen-bond acceptors (Lipinski definition) is 6. The fourth-order valence-electron chi connectivity index (χ4n) is 1.91. The molecule has 1 amide bonds. The first-order valence-electron chi connectivity index (χ1n) is 7.64. The lowest BCUT2D eigenvalue weighted by Crippen LogP contribution is -2.20. The molecule has 0 heterocycles. The minimum absolute atomic E-state index is 0.0340. The van der Waals surface area contributed by atoms with Crippen LogP contribution >= 0.6 is 0 Å². The zero-order valence-electron chi connectivity index (χ0n) is 14.2. The molecule has 136 valence electrons. The second kappa shape index (κ2) is 9.07. The Morgan fingerprint density at radius 3 is 2.04 bits per heavy atom. The van der Waals surface area contributed by atoms with Crippen LogP contribution < -0.4 is 20.5 Å². The van der Waals surface area contributed by atoms with Crippen molar-refractivity contribution in [3.63, 3.8) is 0 Å². The van der Waals surface area contributed by atoms with Gasteiger partial charge in [-0.25, -0.2) is 4.79 Å². The summed E-state index contributed by atoms with van der Waals surface area (Å²) in [7, 11) is 1.28. The van der Waals surface area contributed by atoms with Crippen molar-refractivity contribution in [2.75, 3.05) is 25.6 Å². The topological polar surface area (TPSA) is 124 Å². The largest absolute Gasteiger partial charge is 0.484 e. The van der Waals surface area contributed by atoms with Crippen LogP contribution in [0.15, 0.2) is 48.5 Å². The average molecular weight is 357 g/mol. The third-order valence-corrected chi connectivity index (χ3v) is 3.26. The lowest BCUT2D eigenvalue weighted by molar-refractivity contribution is -0.142. The number of nitrogen functional groups attached to an aromatic ring is 1. The van der Waals surface area contributed by atoms with E-state index >= 15 is 0 Å². The van der Waals surface area contributed by atoms with Crippen molar-refractivity contribution in [2.24, 2.45) is 5.73 Å². The summed E-state index contributed by atoms with van der Waals surface area (Å²) in [4.78, 5) is 22.9. The number of hydrogen-bond donors (Lipinski definition) is 3. The van der Waals surface area contributed by atoms with Crippen LogP contribution in [0.5, 0.6) is 11.5 Å². The number of esters is 1. The van der Waals surface area contributed by atoms with Gasteiger partial charge >= 0.3 is 5.97 Å². The highest BCUT2D eigenvalue weighted by atomic mass is 16.6. The lowest BCUT2D eigenvalue weighted by atomic mass is 10.2. The maximum absolute atomic E-state index is 11.9. The Bertz CT molecular complexity index is 772. The number of amidine groups is 1. The molecule has 0 aromatic heterocycles. The summed E-state index contributed by atoms with van der Waals surface area (Å²) in [6.07, 6.45) is 0. The summed E-state index contributed by atoms with van der Waals surface area (Å²) in [6.45, 7) is -0.349. The molecule has 0 saturated carbocycles. The number of nitrogens with one attached hydrogen (secondary N) is 2. The number of benzene rings is 2. The molecule has 8 nitrogen and oxygen atoms in total. The normalized spacial score (nSPS) is 9.88. The van der Waals surface area contributed by atoms with Crippen LogP contribution in [0.4, 0.5) is 5.69 Å². The Balaban J connectivity index is 1.80. The van der Waals surface area contributed by atoms with Crippen molar-refractivity contribution in [3.8, 4) is 11.5 Å². The van der Waals surface area contributed by atoms with E-state index in [4.69, 9.17) is 20.6 Å². The highest BCUT2D eigenvalue weighted by Gasteiger charge is 2.06. The molecule has 0 unspecified atom stereocenters. The number of ether oxygens (including phenoxy) is 3. The molecular formula is C18H19N3O5. The van der Waals surface area contributed by atoms with E-state index in [0.717, 1.165) is 0 Å². The van der Waals surface area contributed by atoms with Gasteiger partial charge < -0.3 is 25.3 Å². The van der Waals surface area contributed by atoms with Crippen LogP contribution in [0.1, 0.15) is 5.56 Å². The highest BCUT2D eigenvalue weighted by molar-refractivity contribution is 5.95. The summed E-state index contributed by atoms with van der Waals surface area (Å²) in [6, 6.07) is 13.1. The van der Waals surface area contributed by atoms with Gasteiger partial charge in [0.15, 0.2) is 13.2 Å². The second-order valence-electron chi connectivity index (χ2n) is 5.16. The molecule has 0 bridgehead atoms. The maximum atomic E-state index is 11.9. The number of anilines is 1. The molecule has 2 rings (SSSR count). The number of methoxy groups -OCH3 is 1. The van der Waals surface area contributed by atoms with E-state index in [1.807, 2.05) is 0 Å². The monoisotopic (exact) mass is 357 g/mol. The molecule has 0 aliphatic heterocycles. The fraction of sp³-hybridized carbons (Fsp3) is 0.167. The number of rotatable bonds is 8. The van der Waals surface area contributed by atoms with E-state index in [-0.39, 0.29) is 25.0 Å². The van der Waals surface area contributed by atoms with Crippen molar-refractivity contribution in [1.29, 1.82) is 5.41 Å². The van der Waals surface area contributed by atoms with Crippen molar-refractivity contribution < 1.29 is 23.8 Å². The molecule has 26 heavy (non-hydrogen) atoms. The third kappa shape index (κ3) is 5.82. The van der Waals surface area contributed by atoms with Gasteiger partial charge in [-0.05, 0) is 48.5 Å². The summed E-state index contributed by atoms with van der Waals surface area (Å²) >= 11 is 0. The summed E-state index contributed by atoms with van der Waals surface area (Å²) < 4.78 is 15.1. The van der Waals surface area contributed by atoms with Crippen LogP contribution in [0.2, 0.25) is 0 Å². The SMILES string of the molecule is COC(=O)COc1ccc(NC(=O)COc2ccc(C(=N)N)cc2)cc1. The Kier molecular flexibility index (Phi) is 6.55. The number of carbonyl (C=O) groups excluding carboxylic acids is 2. The van der Waals surface area contributed by atoms with Gasteiger partial charge in [-0.15, -0.1) is 0 Å². The number of carbonyl (C=O) groups is 2. The van der Waals surface area contributed by atoms with Crippen molar-refractivity contribution in [3.05, 3.63) is 54.1 Å². The number of amides is 1. The number of nitrogens with two attached hydrogens (primary N) is 1. The van der Waals surface area contributed by atoms with Gasteiger partial charge in [0.2, 0.25) is 0 Å². The van der Waals surface area contributed by atoms with Gasteiger partial charge in [0.25, 0.3) is 5.91 Å². The summed E-state index contributed by atoms with van der Waals surface area (Å²) in [5.41, 5.74) is 6.52. The Morgan fingerprint density at radius 1 is 0.962 bits per heavy atom. The fourth-order valence-corrected chi connectivity index (χ4v) is 1.91. The Labute approximate surface area is 150 Å². The molecule has 0 atom stereocenters. The van der Waals surface area contributed by atoms with E-state index in [0.29, 0.717) is 22.7 Å². The van der Waals surface area contributed by atoms with Gasteiger partial charge in [-0.2, -0.15) is 0 Å². The summed E-state index contributed by atoms with van der Waals surface area (Å²) in [5, 5.41) is 9.99. The second-order valence-corrected chi connectivity index (χ2v) is 5.16. The first-order valence-corrected chi connectivity index (χ1v) is 7.64. The highest BCUT2D eigenvalue weighted by Crippen LogP contribution is 2.16. The molecule has 8 heteroatoms. The molecule has 0 aliphatic carbocycles. The third-order valence-electron chi connectivity index (χ3n) is 3.26. The van der Waals surface area contributed by atoms with Gasteiger partial charge in [-0.1, -0.05) is 0 Å². The zero-order valence-corrected chi connectivity index (χ0v) is 14.2. The van der Waals surface area contributed by atoms with E-state index in [1.165, 1.54) is 7.11 Å². The first kappa shape index (κ1) is 18.8. The lowest BCUT2D eigenvalue weighted by Gasteiger charge is -2.09. The van der Waals surface area contributed by atoms with Gasteiger partial charge in [-0.3, -0.25) is 10.2 Å². The van der Waals surface area contributed by atoms with E-state index in [2.05, 4.69) is 10.1 Å². The average Bonchev–Trinajstić information content (AvgIpc) is 2.65. The van der Waals surface area contributed by atoms with E-state index in [9.17, 15) is 9.59 Å². The molecule has 0 aliphatic rings. The van der Waals surface area contributed by atoms with Gasteiger partial charge in [0, 0.05) is 11.3 Å². The summed E-state index contributed by atoms with van der Waals surface area (Å²) in [5.74, 6) is 0.139. The molecule has 2 aromatic rings. The zero-order chi connectivity index (χ0) is 18.9. The van der Waals surface area contributed by atoms with Crippen molar-refractivity contribution in [1.82, 2.24) is 0 Å². The van der Waals surface area contributed by atoms with Crippen LogP contribution in [0.25, 0.3) is 0 Å². The predicted octanol–water partition coefficient (Wildman–Crippen LogP) is 1.54. The van der Waals surface area contributed by atoms with Gasteiger partial charge in [0.05, 0.1) is 7.11 Å². The molecule has 2 aromatic carbocycles. The standard InChI is InChI=1S/C18H19N3O5/c1-24-17(23)11-26-15-8-4-13(5-9-15)21-16(22)10-25-14-6-2-12(3-7-14)18(19)20/h2-9H,10-11H2,1H3,(H3,19,20)(H,21,22). The van der Waals surface area contributed by atoms with E-state index < -0.39 is 5.97 Å². The van der Waals surface area contributed by atoms with Crippen LogP contribution in [0, 0.1) is 5.41 Å². The van der Waals surface area contributed by atoms with Gasteiger partial charge in [0.1, 0.15) is 17.3 Å². The van der Waals surface area contributed by atoms with Crippen LogP contribution in [-0.4, -0.2) is 38.0 Å².